The number of hydrogen-bond acceptors (Lipinski definition) is 5. The van der Waals surface area contributed by atoms with Gasteiger partial charge >= 0.3 is 0 Å². The molecule has 0 aliphatic heterocycles. The van der Waals surface area contributed by atoms with Gasteiger partial charge in [0, 0.05) is 17.6 Å². The lowest BCUT2D eigenvalue weighted by atomic mass is 10.2. The number of halogens is 1. The molecule has 0 saturated carbocycles. The van der Waals surface area contributed by atoms with Crippen molar-refractivity contribution in [1.82, 2.24) is 0 Å². The van der Waals surface area contributed by atoms with Crippen LogP contribution in [0, 0.1) is 20.2 Å². The van der Waals surface area contributed by atoms with E-state index in [4.69, 9.17) is 11.6 Å². The molecule has 2 rings (SSSR count). The zero-order valence-electron chi connectivity index (χ0n) is 10.7. The second kappa shape index (κ2) is 6.19. The van der Waals surface area contributed by atoms with Crippen molar-refractivity contribution in [2.45, 2.75) is 6.54 Å². The molecule has 0 amide bonds. The van der Waals surface area contributed by atoms with Gasteiger partial charge in [0.15, 0.2) is 0 Å². The van der Waals surface area contributed by atoms with Crippen molar-refractivity contribution < 1.29 is 9.85 Å². The standard InChI is InChI=1S/C13H10ClN3O4/c14-11-4-2-1-3-9(11)8-15-12-6-5-10(16(18)19)7-13(12)17(20)21/h1-7,15H,8H2. The van der Waals surface area contributed by atoms with Gasteiger partial charge in [-0.25, -0.2) is 0 Å². The lowest BCUT2D eigenvalue weighted by Gasteiger charge is -2.08. The molecule has 21 heavy (non-hydrogen) atoms. The van der Waals surface area contributed by atoms with E-state index in [9.17, 15) is 20.2 Å². The minimum atomic E-state index is -0.676. The summed E-state index contributed by atoms with van der Waals surface area (Å²) in [6.45, 7) is 0.276. The first-order valence-electron chi connectivity index (χ1n) is 5.89. The van der Waals surface area contributed by atoms with Gasteiger partial charge in [0.1, 0.15) is 5.69 Å². The number of anilines is 1. The van der Waals surface area contributed by atoms with E-state index in [1.165, 1.54) is 12.1 Å². The van der Waals surface area contributed by atoms with E-state index in [0.29, 0.717) is 5.02 Å². The summed E-state index contributed by atoms with van der Waals surface area (Å²) in [6.07, 6.45) is 0. The lowest BCUT2D eigenvalue weighted by Crippen LogP contribution is -2.03. The quantitative estimate of drug-likeness (QED) is 0.669. The van der Waals surface area contributed by atoms with Crippen LogP contribution in [0.3, 0.4) is 0 Å². The fourth-order valence-corrected chi connectivity index (χ4v) is 1.97. The van der Waals surface area contributed by atoms with E-state index >= 15 is 0 Å². The number of nitrogens with zero attached hydrogens (tertiary/aromatic N) is 2. The summed E-state index contributed by atoms with van der Waals surface area (Å²) in [7, 11) is 0. The van der Waals surface area contributed by atoms with Crippen LogP contribution in [0.25, 0.3) is 0 Å². The number of rotatable bonds is 5. The van der Waals surface area contributed by atoms with Gasteiger partial charge in [-0.2, -0.15) is 0 Å². The third kappa shape index (κ3) is 3.46. The number of hydrogen-bond donors (Lipinski definition) is 1. The van der Waals surface area contributed by atoms with Crippen molar-refractivity contribution in [2.75, 3.05) is 5.32 Å². The molecule has 7 nitrogen and oxygen atoms in total. The van der Waals surface area contributed by atoms with Crippen LogP contribution < -0.4 is 5.32 Å². The van der Waals surface area contributed by atoms with Crippen LogP contribution in [-0.4, -0.2) is 9.85 Å². The molecular formula is C13H10ClN3O4. The third-order valence-electron chi connectivity index (χ3n) is 2.82. The molecule has 0 fully saturated rings. The van der Waals surface area contributed by atoms with Crippen LogP contribution >= 0.6 is 11.6 Å². The van der Waals surface area contributed by atoms with Gasteiger partial charge in [0.05, 0.1) is 15.9 Å². The fraction of sp³-hybridized carbons (Fsp3) is 0.0769. The van der Waals surface area contributed by atoms with Crippen molar-refractivity contribution in [3.63, 3.8) is 0 Å². The molecule has 2 aromatic carbocycles. The largest absolute Gasteiger partial charge is 0.375 e. The van der Waals surface area contributed by atoms with Gasteiger partial charge in [-0.15, -0.1) is 0 Å². The molecule has 2 aromatic rings. The van der Waals surface area contributed by atoms with Crippen LogP contribution in [0.5, 0.6) is 0 Å². The van der Waals surface area contributed by atoms with Crippen molar-refractivity contribution in [1.29, 1.82) is 0 Å². The summed E-state index contributed by atoms with van der Waals surface area (Å²) < 4.78 is 0. The van der Waals surface area contributed by atoms with Gasteiger partial charge in [0.2, 0.25) is 0 Å². The molecule has 0 aromatic heterocycles. The summed E-state index contributed by atoms with van der Waals surface area (Å²) in [5.41, 5.74) is 0.290. The number of nitrogens with one attached hydrogen (secondary N) is 1. The Labute approximate surface area is 124 Å². The fourth-order valence-electron chi connectivity index (χ4n) is 1.77. The Kier molecular flexibility index (Phi) is 4.34. The number of nitro groups is 2. The van der Waals surface area contributed by atoms with Crippen molar-refractivity contribution in [3.05, 3.63) is 73.3 Å². The van der Waals surface area contributed by atoms with E-state index in [-0.39, 0.29) is 23.6 Å². The lowest BCUT2D eigenvalue weighted by molar-refractivity contribution is -0.393. The Morgan fingerprint density at radius 1 is 1.05 bits per heavy atom. The Morgan fingerprint density at radius 2 is 1.76 bits per heavy atom. The molecule has 0 unspecified atom stereocenters. The normalized spacial score (nSPS) is 10.1. The maximum Gasteiger partial charge on any atom is 0.299 e. The van der Waals surface area contributed by atoms with E-state index in [1.54, 1.807) is 24.3 Å². The van der Waals surface area contributed by atoms with Crippen molar-refractivity contribution in [2.24, 2.45) is 0 Å². The van der Waals surface area contributed by atoms with Crippen LogP contribution in [0.15, 0.2) is 42.5 Å². The predicted octanol–water partition coefficient (Wildman–Crippen LogP) is 3.77. The highest BCUT2D eigenvalue weighted by Gasteiger charge is 2.19. The Bertz CT molecular complexity index is 706. The monoisotopic (exact) mass is 307 g/mol. The van der Waals surface area contributed by atoms with Gasteiger partial charge in [-0.05, 0) is 17.7 Å². The number of benzene rings is 2. The molecule has 108 valence electrons. The van der Waals surface area contributed by atoms with E-state index < -0.39 is 9.85 Å². The average Bonchev–Trinajstić information content (AvgIpc) is 2.46. The Balaban J connectivity index is 2.26. The number of non-ortho nitro benzene ring substituents is 1. The SMILES string of the molecule is O=[N+]([O-])c1ccc(NCc2ccccc2Cl)c([N+](=O)[O-])c1. The molecule has 0 bridgehead atoms. The summed E-state index contributed by atoms with van der Waals surface area (Å²) in [5.74, 6) is 0. The van der Waals surface area contributed by atoms with E-state index in [2.05, 4.69) is 5.32 Å². The third-order valence-corrected chi connectivity index (χ3v) is 3.18. The second-order valence-electron chi connectivity index (χ2n) is 4.16. The zero-order valence-corrected chi connectivity index (χ0v) is 11.4. The smallest absolute Gasteiger partial charge is 0.299 e. The highest BCUT2D eigenvalue weighted by Crippen LogP contribution is 2.29. The van der Waals surface area contributed by atoms with Crippen LogP contribution in [-0.2, 0) is 6.54 Å². The summed E-state index contributed by atoms with van der Waals surface area (Å²) in [5, 5.41) is 25.1. The molecule has 0 aliphatic rings. The van der Waals surface area contributed by atoms with Crippen LogP contribution in [0.4, 0.5) is 17.1 Å². The van der Waals surface area contributed by atoms with Gasteiger partial charge in [-0.1, -0.05) is 29.8 Å². The Morgan fingerprint density at radius 3 is 2.38 bits per heavy atom. The molecule has 1 N–H and O–H groups in total. The molecule has 0 atom stereocenters. The van der Waals surface area contributed by atoms with E-state index in [1.807, 2.05) is 0 Å². The molecule has 0 aliphatic carbocycles. The zero-order chi connectivity index (χ0) is 15.4. The first-order chi connectivity index (χ1) is 9.99. The van der Waals surface area contributed by atoms with Gasteiger partial charge in [-0.3, -0.25) is 20.2 Å². The highest BCUT2D eigenvalue weighted by molar-refractivity contribution is 6.31. The molecule has 0 heterocycles. The summed E-state index contributed by atoms with van der Waals surface area (Å²) in [4.78, 5) is 20.3. The van der Waals surface area contributed by atoms with Gasteiger partial charge < -0.3 is 5.32 Å². The molecular weight excluding hydrogens is 298 g/mol. The van der Waals surface area contributed by atoms with E-state index in [0.717, 1.165) is 11.6 Å². The molecule has 0 spiro atoms. The highest BCUT2D eigenvalue weighted by atomic mass is 35.5. The molecule has 0 radical (unpaired) electrons. The summed E-state index contributed by atoms with van der Waals surface area (Å²) in [6, 6.07) is 10.5. The Hall–Kier alpha value is -2.67. The maximum absolute atomic E-state index is 11.0. The van der Waals surface area contributed by atoms with Crippen molar-refractivity contribution >= 4 is 28.7 Å². The maximum atomic E-state index is 11.0. The first-order valence-corrected chi connectivity index (χ1v) is 6.27. The molecule has 8 heteroatoms. The van der Waals surface area contributed by atoms with Crippen LogP contribution in [0.2, 0.25) is 5.02 Å². The minimum Gasteiger partial charge on any atom is -0.375 e. The second-order valence-corrected chi connectivity index (χ2v) is 4.57. The van der Waals surface area contributed by atoms with Crippen LogP contribution in [0.1, 0.15) is 5.56 Å². The number of nitro benzene ring substituents is 2. The first kappa shape index (κ1) is 14.7. The average molecular weight is 308 g/mol. The topological polar surface area (TPSA) is 98.3 Å². The minimum absolute atomic E-state index is 0.200. The molecule has 0 saturated heterocycles. The van der Waals surface area contributed by atoms with Crippen molar-refractivity contribution in [3.8, 4) is 0 Å². The predicted molar refractivity (Wildman–Crippen MR) is 78.5 cm³/mol. The van der Waals surface area contributed by atoms with Gasteiger partial charge in [0.25, 0.3) is 11.4 Å². The summed E-state index contributed by atoms with van der Waals surface area (Å²) >= 11 is 6.00.